The van der Waals surface area contributed by atoms with Crippen LogP contribution in [0, 0.1) is 3.57 Å². The highest BCUT2D eigenvalue weighted by Crippen LogP contribution is 2.35. The van der Waals surface area contributed by atoms with E-state index in [2.05, 4.69) is 34.5 Å². The molecule has 0 radical (unpaired) electrons. The molecule has 2 aromatic rings. The first-order valence-corrected chi connectivity index (χ1v) is 10.5. The molecule has 0 spiro atoms. The van der Waals surface area contributed by atoms with Gasteiger partial charge < -0.3 is 9.47 Å². The predicted octanol–water partition coefficient (Wildman–Crippen LogP) is 4.35. The number of benzene rings is 2. The molecule has 9 heteroatoms. The lowest BCUT2D eigenvalue weighted by Crippen LogP contribution is -2.54. The third-order valence-electron chi connectivity index (χ3n) is 4.09. The molecule has 1 aliphatic heterocycles. The Hall–Kier alpha value is -2.43. The number of hydrogen-bond donors (Lipinski definition) is 1. The Labute approximate surface area is 197 Å². The summed E-state index contributed by atoms with van der Waals surface area (Å²) < 4.78 is 11.8. The first-order chi connectivity index (χ1) is 14.3. The molecule has 2 aromatic carbocycles. The lowest BCUT2D eigenvalue weighted by atomic mass is 10.1. The van der Waals surface area contributed by atoms with Gasteiger partial charge in [-0.25, -0.2) is 0 Å². The van der Waals surface area contributed by atoms with Crippen LogP contribution < -0.4 is 19.7 Å². The molecule has 0 atom stereocenters. The number of nitrogens with zero attached hydrogens (tertiary/aromatic N) is 1. The van der Waals surface area contributed by atoms with Crippen molar-refractivity contribution < 1.29 is 19.1 Å². The van der Waals surface area contributed by atoms with Crippen LogP contribution in [-0.2, 0) is 9.59 Å². The summed E-state index contributed by atoms with van der Waals surface area (Å²) in [6.45, 7) is 3.95. The highest BCUT2D eigenvalue weighted by Gasteiger charge is 2.34. The quantitative estimate of drug-likeness (QED) is 0.189. The topological polar surface area (TPSA) is 67.9 Å². The zero-order valence-corrected chi connectivity index (χ0v) is 19.5. The lowest BCUT2D eigenvalue weighted by Gasteiger charge is -2.29. The number of carbonyl (C=O) groups is 2. The minimum atomic E-state index is -0.573. The average molecular weight is 555 g/mol. The van der Waals surface area contributed by atoms with Gasteiger partial charge in [0.25, 0.3) is 11.8 Å². The van der Waals surface area contributed by atoms with E-state index in [4.69, 9.17) is 33.3 Å². The van der Waals surface area contributed by atoms with Crippen molar-refractivity contribution in [2.45, 2.75) is 0 Å². The van der Waals surface area contributed by atoms with Crippen molar-refractivity contribution in [2.24, 2.45) is 0 Å². The third kappa shape index (κ3) is 4.66. The molecular weight excluding hydrogens is 539 g/mol. The van der Waals surface area contributed by atoms with E-state index >= 15 is 0 Å². The van der Waals surface area contributed by atoms with Gasteiger partial charge in [-0.2, -0.15) is 0 Å². The maximum Gasteiger partial charge on any atom is 0.270 e. The minimum Gasteiger partial charge on any atom is -0.493 e. The van der Waals surface area contributed by atoms with Gasteiger partial charge in [0, 0.05) is 5.02 Å². The van der Waals surface area contributed by atoms with Crippen molar-refractivity contribution in [1.82, 2.24) is 5.32 Å². The zero-order chi connectivity index (χ0) is 21.8. The maximum absolute atomic E-state index is 13.1. The first-order valence-electron chi connectivity index (χ1n) is 8.64. The van der Waals surface area contributed by atoms with E-state index in [1.807, 2.05) is 0 Å². The normalized spacial score (nSPS) is 15.2. The van der Waals surface area contributed by atoms with E-state index in [1.165, 1.54) is 18.1 Å². The molecule has 1 fully saturated rings. The molecule has 3 rings (SSSR count). The molecule has 2 amide bonds. The highest BCUT2D eigenvalue weighted by molar-refractivity contribution is 14.1. The van der Waals surface area contributed by atoms with Crippen LogP contribution in [0.3, 0.4) is 0 Å². The summed E-state index contributed by atoms with van der Waals surface area (Å²) in [5.41, 5.74) is 1.04. The number of methoxy groups -OCH3 is 1. The molecule has 154 valence electrons. The largest absolute Gasteiger partial charge is 0.493 e. The number of thiocarbonyl (C=S) groups is 1. The van der Waals surface area contributed by atoms with E-state index in [0.29, 0.717) is 34.4 Å². The van der Waals surface area contributed by atoms with E-state index in [9.17, 15) is 9.59 Å². The average Bonchev–Trinajstić information content (AvgIpc) is 2.71. The highest BCUT2D eigenvalue weighted by atomic mass is 127. The van der Waals surface area contributed by atoms with Gasteiger partial charge in [-0.15, -0.1) is 0 Å². The van der Waals surface area contributed by atoms with E-state index in [-0.39, 0.29) is 10.7 Å². The van der Waals surface area contributed by atoms with Gasteiger partial charge in [-0.3, -0.25) is 19.8 Å². The van der Waals surface area contributed by atoms with Crippen molar-refractivity contribution in [3.8, 4) is 11.5 Å². The monoisotopic (exact) mass is 554 g/mol. The SMILES string of the molecule is C=CCOc1c(I)cc(/C=C2\C(=O)NC(=S)N(c3ccc(Cl)cc3)C2=O)cc1OC. The fraction of sp³-hybridized carbons (Fsp3) is 0.0952. The van der Waals surface area contributed by atoms with Gasteiger partial charge >= 0.3 is 0 Å². The van der Waals surface area contributed by atoms with Crippen LogP contribution >= 0.6 is 46.4 Å². The van der Waals surface area contributed by atoms with Crippen molar-refractivity contribution in [3.05, 3.63) is 68.8 Å². The Morgan fingerprint density at radius 2 is 1.97 bits per heavy atom. The van der Waals surface area contributed by atoms with Crippen LogP contribution in [0.1, 0.15) is 5.56 Å². The Morgan fingerprint density at radius 1 is 1.27 bits per heavy atom. The molecule has 0 aromatic heterocycles. The van der Waals surface area contributed by atoms with Crippen LogP contribution in [0.15, 0.2) is 54.6 Å². The van der Waals surface area contributed by atoms with Gasteiger partial charge in [0.2, 0.25) is 0 Å². The lowest BCUT2D eigenvalue weighted by molar-refractivity contribution is -0.122. The maximum atomic E-state index is 13.1. The molecular formula is C21H16ClIN2O4S. The van der Waals surface area contributed by atoms with Gasteiger partial charge in [-0.1, -0.05) is 24.3 Å². The van der Waals surface area contributed by atoms with Crippen molar-refractivity contribution in [3.63, 3.8) is 0 Å². The van der Waals surface area contributed by atoms with E-state index < -0.39 is 11.8 Å². The van der Waals surface area contributed by atoms with E-state index in [0.717, 1.165) is 3.57 Å². The minimum absolute atomic E-state index is 0.00445. The third-order valence-corrected chi connectivity index (χ3v) is 5.43. The number of anilines is 1. The Balaban J connectivity index is 2.01. The van der Waals surface area contributed by atoms with Crippen LogP contribution in [0.4, 0.5) is 5.69 Å². The van der Waals surface area contributed by atoms with Crippen molar-refractivity contribution in [2.75, 3.05) is 18.6 Å². The number of halogens is 2. The first kappa shape index (κ1) is 22.3. The molecule has 1 aliphatic rings. The van der Waals surface area contributed by atoms with Gasteiger partial charge in [0.05, 0.1) is 16.4 Å². The fourth-order valence-corrected chi connectivity index (χ4v) is 3.94. The van der Waals surface area contributed by atoms with Gasteiger partial charge in [0.1, 0.15) is 12.2 Å². The number of amides is 2. The summed E-state index contributed by atoms with van der Waals surface area (Å²) >= 11 is 13.2. The van der Waals surface area contributed by atoms with Crippen molar-refractivity contribution in [1.29, 1.82) is 0 Å². The molecule has 0 unspecified atom stereocenters. The molecule has 1 heterocycles. The number of nitrogens with one attached hydrogen (secondary N) is 1. The van der Waals surface area contributed by atoms with Gasteiger partial charge in [0.15, 0.2) is 16.6 Å². The van der Waals surface area contributed by atoms with Crippen LogP contribution in [0.5, 0.6) is 11.5 Å². The Kier molecular flexibility index (Phi) is 7.11. The van der Waals surface area contributed by atoms with Gasteiger partial charge in [-0.05, 0) is 82.8 Å². The van der Waals surface area contributed by atoms with Crippen LogP contribution in [0.25, 0.3) is 6.08 Å². The number of hydrogen-bond acceptors (Lipinski definition) is 5. The summed E-state index contributed by atoms with van der Waals surface area (Å²) in [6, 6.07) is 10.1. The molecule has 1 saturated heterocycles. The molecule has 0 saturated carbocycles. The number of ether oxygens (including phenoxy) is 2. The fourth-order valence-electron chi connectivity index (χ4n) is 2.75. The second-order valence-electron chi connectivity index (χ2n) is 6.07. The predicted molar refractivity (Wildman–Crippen MR) is 129 cm³/mol. The van der Waals surface area contributed by atoms with Crippen molar-refractivity contribution >= 4 is 75.1 Å². The summed E-state index contributed by atoms with van der Waals surface area (Å²) in [4.78, 5) is 26.8. The molecule has 30 heavy (non-hydrogen) atoms. The Morgan fingerprint density at radius 3 is 2.60 bits per heavy atom. The summed E-state index contributed by atoms with van der Waals surface area (Å²) in [5, 5.41) is 3.08. The molecule has 0 bridgehead atoms. The smallest absolute Gasteiger partial charge is 0.270 e. The van der Waals surface area contributed by atoms with Crippen LogP contribution in [-0.4, -0.2) is 30.6 Å². The molecule has 1 N–H and O–H groups in total. The van der Waals surface area contributed by atoms with Crippen LogP contribution in [0.2, 0.25) is 5.02 Å². The number of carbonyl (C=O) groups excluding carboxylic acids is 2. The summed E-state index contributed by atoms with van der Waals surface area (Å²) in [7, 11) is 1.52. The Bertz CT molecular complexity index is 1070. The summed E-state index contributed by atoms with van der Waals surface area (Å²) in [6.07, 6.45) is 3.12. The standard InChI is InChI=1S/C21H16ClIN2O4S/c1-3-8-29-18-16(23)10-12(11-17(18)28-2)9-15-19(26)24-21(30)25(20(15)27)14-6-4-13(22)5-7-14/h3-7,9-11H,1,8H2,2H3,(H,24,26,30)/b15-9+. The zero-order valence-electron chi connectivity index (χ0n) is 15.8. The molecule has 0 aliphatic carbocycles. The second-order valence-corrected chi connectivity index (χ2v) is 8.05. The number of rotatable bonds is 6. The second kappa shape index (κ2) is 9.59. The summed E-state index contributed by atoms with van der Waals surface area (Å²) in [5.74, 6) is -0.0731. The molecule has 6 nitrogen and oxygen atoms in total. The van der Waals surface area contributed by atoms with E-state index in [1.54, 1.807) is 42.5 Å².